The van der Waals surface area contributed by atoms with Crippen LogP contribution in [0.1, 0.15) is 26.0 Å². The van der Waals surface area contributed by atoms with E-state index in [1.807, 2.05) is 18.2 Å². The van der Waals surface area contributed by atoms with Crippen LogP contribution >= 0.6 is 22.6 Å². The average Bonchev–Trinajstić information content (AvgIpc) is 2.54. The molecule has 0 fully saturated rings. The molecule has 0 unspecified atom stereocenters. The number of ether oxygens (including phenoxy) is 1. The number of hydrogen-bond acceptors (Lipinski definition) is 5. The van der Waals surface area contributed by atoms with Crippen LogP contribution in [0, 0.1) is 3.57 Å². The molecule has 0 aromatic carbocycles. The highest BCUT2D eigenvalue weighted by Gasteiger charge is 2.13. The lowest BCUT2D eigenvalue weighted by atomic mass is 10.2. The van der Waals surface area contributed by atoms with Crippen molar-refractivity contribution >= 4 is 28.4 Å². The lowest BCUT2D eigenvalue weighted by molar-refractivity contribution is 0.398. The average molecular weight is 398 g/mol. The maximum Gasteiger partial charge on any atom is 0.213 e. The second-order valence-electron chi connectivity index (χ2n) is 4.50. The van der Waals surface area contributed by atoms with E-state index >= 15 is 0 Å². The van der Waals surface area contributed by atoms with Crippen LogP contribution in [0.15, 0.2) is 18.2 Å². The summed E-state index contributed by atoms with van der Waals surface area (Å²) >= 11 is 2.30. The van der Waals surface area contributed by atoms with Gasteiger partial charge in [0.05, 0.1) is 16.4 Å². The quantitative estimate of drug-likeness (QED) is 0.755. The normalized spacial score (nSPS) is 10.5. The van der Waals surface area contributed by atoms with Gasteiger partial charge in [-0.15, -0.1) is 0 Å². The van der Waals surface area contributed by atoms with Crippen molar-refractivity contribution in [1.82, 2.24) is 15.0 Å². The van der Waals surface area contributed by atoms with E-state index in [9.17, 15) is 0 Å². The first-order chi connectivity index (χ1) is 10.2. The van der Waals surface area contributed by atoms with Gasteiger partial charge in [-0.3, -0.25) is 0 Å². The molecule has 5 nitrogen and oxygen atoms in total. The summed E-state index contributed by atoms with van der Waals surface area (Å²) in [6.45, 7) is 5.12. The zero-order valence-corrected chi connectivity index (χ0v) is 14.6. The Labute approximate surface area is 138 Å². The highest BCUT2D eigenvalue weighted by atomic mass is 127. The van der Waals surface area contributed by atoms with Crippen LogP contribution in [0.25, 0.3) is 11.5 Å². The highest BCUT2D eigenvalue weighted by Crippen LogP contribution is 2.24. The van der Waals surface area contributed by atoms with Crippen LogP contribution in [-0.4, -0.2) is 28.6 Å². The third kappa shape index (κ3) is 3.81. The van der Waals surface area contributed by atoms with Gasteiger partial charge in [-0.2, -0.15) is 0 Å². The smallest absolute Gasteiger partial charge is 0.213 e. The van der Waals surface area contributed by atoms with Gasteiger partial charge in [-0.1, -0.05) is 19.9 Å². The first kappa shape index (κ1) is 15.9. The molecule has 21 heavy (non-hydrogen) atoms. The molecule has 0 saturated carbocycles. The van der Waals surface area contributed by atoms with Crippen molar-refractivity contribution in [3.63, 3.8) is 0 Å². The molecule has 0 saturated heterocycles. The lowest BCUT2D eigenvalue weighted by Gasteiger charge is -2.12. The van der Waals surface area contributed by atoms with E-state index in [0.29, 0.717) is 11.7 Å². The number of nitrogens with one attached hydrogen (secondary N) is 1. The monoisotopic (exact) mass is 398 g/mol. The summed E-state index contributed by atoms with van der Waals surface area (Å²) in [6.07, 6.45) is 1.91. The van der Waals surface area contributed by atoms with Gasteiger partial charge >= 0.3 is 0 Å². The maximum absolute atomic E-state index is 5.17. The van der Waals surface area contributed by atoms with Crippen molar-refractivity contribution in [2.75, 3.05) is 19.0 Å². The fourth-order valence-electron chi connectivity index (χ4n) is 1.86. The molecule has 0 amide bonds. The third-order valence-corrected chi connectivity index (χ3v) is 4.09. The Balaban J connectivity index is 2.47. The van der Waals surface area contributed by atoms with Gasteiger partial charge in [0.25, 0.3) is 0 Å². The number of pyridine rings is 1. The summed E-state index contributed by atoms with van der Waals surface area (Å²) in [5.74, 6) is 2.07. The molecule has 0 aliphatic carbocycles. The topological polar surface area (TPSA) is 59.9 Å². The van der Waals surface area contributed by atoms with E-state index in [1.165, 1.54) is 0 Å². The van der Waals surface area contributed by atoms with Crippen LogP contribution < -0.4 is 10.1 Å². The first-order valence-corrected chi connectivity index (χ1v) is 8.09. The summed E-state index contributed by atoms with van der Waals surface area (Å²) in [6, 6.07) is 5.61. The Hall–Kier alpha value is -1.44. The van der Waals surface area contributed by atoms with Gasteiger partial charge in [-0.05, 0) is 41.5 Å². The molecule has 0 bridgehead atoms. The fourth-order valence-corrected chi connectivity index (χ4v) is 2.67. The molecule has 2 rings (SSSR count). The summed E-state index contributed by atoms with van der Waals surface area (Å²) in [5.41, 5.74) is 1.75. The SMILES string of the molecule is CCCNc1nc(-c2cccc(OC)n2)nc(CC)c1I. The van der Waals surface area contributed by atoms with E-state index in [1.54, 1.807) is 7.11 Å². The maximum atomic E-state index is 5.17. The zero-order valence-electron chi connectivity index (χ0n) is 12.5. The van der Waals surface area contributed by atoms with E-state index in [-0.39, 0.29) is 0 Å². The lowest BCUT2D eigenvalue weighted by Crippen LogP contribution is -2.09. The van der Waals surface area contributed by atoms with Crippen LogP contribution in [0.5, 0.6) is 5.88 Å². The molecular formula is C15H19IN4O. The summed E-state index contributed by atoms with van der Waals surface area (Å²) in [7, 11) is 1.60. The Morgan fingerprint density at radius 2 is 2.00 bits per heavy atom. The molecule has 2 heterocycles. The fraction of sp³-hybridized carbons (Fsp3) is 0.400. The first-order valence-electron chi connectivity index (χ1n) is 7.01. The number of nitrogens with zero attached hydrogens (tertiary/aromatic N) is 3. The van der Waals surface area contributed by atoms with Crippen LogP contribution in [0.2, 0.25) is 0 Å². The van der Waals surface area contributed by atoms with Crippen molar-refractivity contribution in [3.8, 4) is 17.4 Å². The summed E-state index contributed by atoms with van der Waals surface area (Å²) < 4.78 is 6.25. The Kier molecular flexibility index (Phi) is 5.72. The molecule has 2 aromatic heterocycles. The molecular weight excluding hydrogens is 379 g/mol. The van der Waals surface area contributed by atoms with Gasteiger partial charge in [0.2, 0.25) is 5.88 Å². The van der Waals surface area contributed by atoms with Gasteiger partial charge in [-0.25, -0.2) is 15.0 Å². The van der Waals surface area contributed by atoms with Crippen molar-refractivity contribution in [1.29, 1.82) is 0 Å². The second-order valence-corrected chi connectivity index (χ2v) is 5.58. The number of methoxy groups -OCH3 is 1. The number of rotatable bonds is 6. The number of anilines is 1. The minimum Gasteiger partial charge on any atom is -0.481 e. The zero-order chi connectivity index (χ0) is 15.2. The minimum absolute atomic E-state index is 0.566. The molecule has 0 spiro atoms. The van der Waals surface area contributed by atoms with E-state index < -0.39 is 0 Å². The van der Waals surface area contributed by atoms with Crippen molar-refractivity contribution in [3.05, 3.63) is 27.5 Å². The molecule has 6 heteroatoms. The third-order valence-electron chi connectivity index (χ3n) is 2.96. The number of aryl methyl sites for hydroxylation is 1. The standard InChI is InChI=1S/C15H19IN4O/c1-4-9-17-15-13(16)10(5-2)19-14(20-15)11-7-6-8-12(18-11)21-3/h6-8H,4-5,9H2,1-3H3,(H,17,19,20). The minimum atomic E-state index is 0.566. The predicted molar refractivity (Wildman–Crippen MR) is 92.7 cm³/mol. The molecule has 0 aliphatic heterocycles. The molecule has 112 valence electrons. The van der Waals surface area contributed by atoms with Gasteiger partial charge in [0, 0.05) is 12.6 Å². The largest absolute Gasteiger partial charge is 0.481 e. The van der Waals surface area contributed by atoms with E-state index in [2.05, 4.69) is 56.7 Å². The van der Waals surface area contributed by atoms with Gasteiger partial charge in [0.1, 0.15) is 11.5 Å². The number of hydrogen-bond donors (Lipinski definition) is 1. The molecule has 0 atom stereocenters. The number of aromatic nitrogens is 3. The molecule has 2 aromatic rings. The Morgan fingerprint density at radius 3 is 2.67 bits per heavy atom. The Bertz CT molecular complexity index is 619. The van der Waals surface area contributed by atoms with Gasteiger partial charge < -0.3 is 10.1 Å². The molecule has 1 N–H and O–H groups in total. The molecule has 0 radical (unpaired) electrons. The van der Waals surface area contributed by atoms with Crippen molar-refractivity contribution < 1.29 is 4.74 Å². The van der Waals surface area contributed by atoms with Crippen molar-refractivity contribution in [2.24, 2.45) is 0 Å². The highest BCUT2D eigenvalue weighted by molar-refractivity contribution is 14.1. The van der Waals surface area contributed by atoms with E-state index in [4.69, 9.17) is 4.74 Å². The van der Waals surface area contributed by atoms with Crippen molar-refractivity contribution in [2.45, 2.75) is 26.7 Å². The van der Waals surface area contributed by atoms with Crippen LogP contribution in [-0.2, 0) is 6.42 Å². The second kappa shape index (κ2) is 7.53. The summed E-state index contributed by atoms with van der Waals surface area (Å²) in [5, 5.41) is 3.36. The number of halogens is 1. The Morgan fingerprint density at radius 1 is 1.19 bits per heavy atom. The van der Waals surface area contributed by atoms with Crippen LogP contribution in [0.4, 0.5) is 5.82 Å². The summed E-state index contributed by atoms with van der Waals surface area (Å²) in [4.78, 5) is 13.7. The molecule has 0 aliphatic rings. The van der Waals surface area contributed by atoms with Gasteiger partial charge in [0.15, 0.2) is 5.82 Å². The van der Waals surface area contributed by atoms with Crippen LogP contribution in [0.3, 0.4) is 0 Å². The predicted octanol–water partition coefficient (Wildman–Crippen LogP) is 3.54. The van der Waals surface area contributed by atoms with E-state index in [0.717, 1.165) is 40.2 Å².